The van der Waals surface area contributed by atoms with Crippen molar-refractivity contribution >= 4 is 41.0 Å². The molecule has 2 amide bonds. The minimum absolute atomic E-state index is 0.119. The van der Waals surface area contributed by atoms with E-state index in [1.807, 2.05) is 72.8 Å². The molecule has 4 aromatic rings. The van der Waals surface area contributed by atoms with Crippen molar-refractivity contribution in [2.45, 2.75) is 83.0 Å². The second kappa shape index (κ2) is 18.8. The molecule has 0 radical (unpaired) electrons. The third-order valence-electron chi connectivity index (χ3n) is 9.43. The largest absolute Gasteiger partial charge is 0.443 e. The summed E-state index contributed by atoms with van der Waals surface area (Å²) >= 11 is 0. The van der Waals surface area contributed by atoms with Crippen molar-refractivity contribution in [2.75, 3.05) is 19.5 Å². The number of carbonyl (C=O) groups is 2. The van der Waals surface area contributed by atoms with E-state index in [0.717, 1.165) is 21.6 Å². The number of aliphatic hydroxyl groups excluding tert-OH is 1. The predicted molar refractivity (Wildman–Crippen MR) is 216 cm³/mol. The highest BCUT2D eigenvalue weighted by Crippen LogP contribution is 2.39. The fraction of sp³-hybridized carbons (Fsp3) is 0.381. The minimum atomic E-state index is -4.17. The SMILES string of the molecule is CC1(C)O[C@@H]([C@H](CO)N(NC(=O)OCc2ccccc2)C(=O)OCc2ccccc2)[C@@H]([C@H](CO[Si](c2ccccc2)(c2ccccc2)C(C)(C)C)OS(C)(=O)=O)O1. The molecule has 57 heavy (non-hydrogen) atoms. The van der Waals surface area contributed by atoms with Gasteiger partial charge in [0.05, 0.1) is 19.5 Å². The summed E-state index contributed by atoms with van der Waals surface area (Å²) in [7, 11) is -7.42. The summed E-state index contributed by atoms with van der Waals surface area (Å²) in [5.41, 5.74) is 3.79. The topological polar surface area (TPSA) is 159 Å². The van der Waals surface area contributed by atoms with Crippen molar-refractivity contribution < 1.29 is 50.7 Å². The summed E-state index contributed by atoms with van der Waals surface area (Å²) in [4.78, 5) is 27.2. The lowest BCUT2D eigenvalue weighted by molar-refractivity contribution is -0.159. The number of hydrogen-bond donors (Lipinski definition) is 2. The average Bonchev–Trinajstić information content (AvgIpc) is 3.51. The zero-order valence-corrected chi connectivity index (χ0v) is 34.9. The monoisotopic (exact) mass is 820 g/mol. The van der Waals surface area contributed by atoms with E-state index in [4.69, 9.17) is 27.6 Å². The van der Waals surface area contributed by atoms with Crippen molar-refractivity contribution in [3.63, 3.8) is 0 Å². The zero-order chi connectivity index (χ0) is 41.3. The van der Waals surface area contributed by atoms with Gasteiger partial charge in [-0.2, -0.15) is 8.42 Å². The lowest BCUT2D eigenvalue weighted by atomic mass is 10.0. The Kier molecular flexibility index (Phi) is 14.3. The Morgan fingerprint density at radius 2 is 1.25 bits per heavy atom. The molecule has 306 valence electrons. The van der Waals surface area contributed by atoms with Crippen LogP contribution in [-0.4, -0.2) is 88.6 Å². The molecule has 1 fully saturated rings. The van der Waals surface area contributed by atoms with Gasteiger partial charge in [-0.15, -0.1) is 0 Å². The molecular formula is C42H52N2O11SSi. The first-order valence-corrected chi connectivity index (χ1v) is 22.3. The molecule has 0 aliphatic carbocycles. The van der Waals surface area contributed by atoms with Gasteiger partial charge in [0.1, 0.15) is 37.6 Å². The Hall–Kier alpha value is -4.61. The molecule has 4 atom stereocenters. The van der Waals surface area contributed by atoms with Crippen molar-refractivity contribution in [3.05, 3.63) is 132 Å². The highest BCUT2D eigenvalue weighted by atomic mass is 32.2. The van der Waals surface area contributed by atoms with Crippen LogP contribution in [-0.2, 0) is 50.9 Å². The van der Waals surface area contributed by atoms with Crippen molar-refractivity contribution in [3.8, 4) is 0 Å². The van der Waals surface area contributed by atoms with Gasteiger partial charge in [0.2, 0.25) is 0 Å². The normalized spacial score (nSPS) is 17.9. The van der Waals surface area contributed by atoms with Crippen LogP contribution >= 0.6 is 0 Å². The number of carbonyl (C=O) groups excluding carboxylic acids is 2. The van der Waals surface area contributed by atoms with Gasteiger partial charge in [0.15, 0.2) is 5.79 Å². The summed E-state index contributed by atoms with van der Waals surface area (Å²) in [5, 5.41) is 13.2. The Morgan fingerprint density at radius 1 is 0.789 bits per heavy atom. The van der Waals surface area contributed by atoms with Gasteiger partial charge in [-0.05, 0) is 40.4 Å². The van der Waals surface area contributed by atoms with E-state index >= 15 is 0 Å². The van der Waals surface area contributed by atoms with E-state index in [-0.39, 0.29) is 19.8 Å². The van der Waals surface area contributed by atoms with Crippen LogP contribution in [0.15, 0.2) is 121 Å². The quantitative estimate of drug-likeness (QED) is 0.0915. The van der Waals surface area contributed by atoms with Gasteiger partial charge in [-0.25, -0.2) is 20.0 Å². The van der Waals surface area contributed by atoms with Crippen LogP contribution in [0, 0.1) is 0 Å². The first-order chi connectivity index (χ1) is 27.0. The highest BCUT2D eigenvalue weighted by Gasteiger charge is 2.55. The molecule has 1 heterocycles. The molecule has 0 bridgehead atoms. The maximum absolute atomic E-state index is 13.9. The summed E-state index contributed by atoms with van der Waals surface area (Å²) in [5.74, 6) is -1.38. The minimum Gasteiger partial charge on any atom is -0.443 e. The van der Waals surface area contributed by atoms with E-state index in [1.54, 1.807) is 62.4 Å². The van der Waals surface area contributed by atoms with Gasteiger partial charge >= 0.3 is 12.2 Å². The Morgan fingerprint density at radius 3 is 1.70 bits per heavy atom. The first kappa shape index (κ1) is 43.5. The van der Waals surface area contributed by atoms with Crippen LogP contribution in [0.2, 0.25) is 5.04 Å². The molecule has 4 aromatic carbocycles. The fourth-order valence-corrected chi connectivity index (χ4v) is 12.2. The number of rotatable bonds is 15. The number of benzene rings is 4. The Labute approximate surface area is 336 Å². The molecule has 1 aliphatic rings. The van der Waals surface area contributed by atoms with Crippen LogP contribution in [0.4, 0.5) is 9.59 Å². The van der Waals surface area contributed by atoms with Gasteiger partial charge in [0, 0.05) is 0 Å². The molecule has 15 heteroatoms. The number of ether oxygens (including phenoxy) is 4. The predicted octanol–water partition coefficient (Wildman–Crippen LogP) is 5.27. The number of hydrogen-bond acceptors (Lipinski definition) is 11. The molecule has 1 saturated heterocycles. The van der Waals surface area contributed by atoms with Crippen LogP contribution in [0.1, 0.15) is 45.7 Å². The molecule has 0 unspecified atom stereocenters. The van der Waals surface area contributed by atoms with E-state index in [0.29, 0.717) is 11.1 Å². The summed E-state index contributed by atoms with van der Waals surface area (Å²) < 4.78 is 62.6. The second-order valence-electron chi connectivity index (χ2n) is 15.2. The molecule has 13 nitrogen and oxygen atoms in total. The van der Waals surface area contributed by atoms with E-state index in [9.17, 15) is 23.1 Å². The Balaban J connectivity index is 1.52. The third-order valence-corrected chi connectivity index (χ3v) is 15.0. The molecule has 5 rings (SSSR count). The maximum atomic E-state index is 13.9. The van der Waals surface area contributed by atoms with Crippen LogP contribution in [0.5, 0.6) is 0 Å². The smallest absolute Gasteiger partial charge is 0.429 e. The number of aliphatic hydroxyl groups is 1. The van der Waals surface area contributed by atoms with Crippen molar-refractivity contribution in [1.82, 2.24) is 10.4 Å². The Bertz CT molecular complexity index is 1960. The summed E-state index contributed by atoms with van der Waals surface area (Å²) in [6.45, 7) is 8.07. The average molecular weight is 821 g/mol. The number of amides is 2. The number of nitrogens with zero attached hydrogens (tertiary/aromatic N) is 1. The maximum Gasteiger partial charge on any atom is 0.429 e. The molecule has 0 aromatic heterocycles. The highest BCUT2D eigenvalue weighted by molar-refractivity contribution is 7.86. The van der Waals surface area contributed by atoms with Gasteiger partial charge in [-0.1, -0.05) is 142 Å². The first-order valence-electron chi connectivity index (χ1n) is 18.6. The number of hydrazine groups is 1. The standard InChI is InChI=1S/C42H52N2O11SSi/c1-41(2,3)57(33-23-15-9-16-24-33,34-25-17-10-18-26-34)52-30-36(55-56(6,48)49)38-37(53-42(4,5)54-38)35(27-45)44(40(47)51-29-32-21-13-8-14-22-32)43-39(46)50-28-31-19-11-7-12-20-31/h7-26,35-38,45H,27-30H2,1-6H3,(H,43,46)/t35-,36-,37-,38+/m0/s1. The number of nitrogens with one attached hydrogen (secondary N) is 1. The zero-order valence-electron chi connectivity index (χ0n) is 33.1. The van der Waals surface area contributed by atoms with Gasteiger partial charge < -0.3 is 28.5 Å². The van der Waals surface area contributed by atoms with Crippen LogP contribution < -0.4 is 15.8 Å². The molecule has 0 saturated carbocycles. The fourth-order valence-electron chi connectivity index (χ4n) is 7.01. The van der Waals surface area contributed by atoms with Gasteiger partial charge in [0.25, 0.3) is 18.4 Å². The van der Waals surface area contributed by atoms with Gasteiger partial charge in [-0.3, -0.25) is 4.18 Å². The van der Waals surface area contributed by atoms with E-state index < -0.39 is 72.4 Å². The third kappa shape index (κ3) is 11.3. The molecule has 0 spiro atoms. The summed E-state index contributed by atoms with van der Waals surface area (Å²) in [6.07, 6.45) is -5.11. The lowest BCUT2D eigenvalue weighted by Crippen LogP contribution is -2.67. The molecule has 2 N–H and O–H groups in total. The van der Waals surface area contributed by atoms with Crippen molar-refractivity contribution in [1.29, 1.82) is 0 Å². The lowest BCUT2D eigenvalue weighted by Gasteiger charge is -2.44. The van der Waals surface area contributed by atoms with E-state index in [2.05, 4.69) is 26.2 Å². The molecule has 1 aliphatic heterocycles. The van der Waals surface area contributed by atoms with Crippen molar-refractivity contribution in [2.24, 2.45) is 0 Å². The van der Waals surface area contributed by atoms with Crippen LogP contribution in [0.3, 0.4) is 0 Å². The second-order valence-corrected chi connectivity index (χ2v) is 21.1. The van der Waals surface area contributed by atoms with E-state index in [1.165, 1.54) is 0 Å². The van der Waals surface area contributed by atoms with Crippen LogP contribution in [0.25, 0.3) is 0 Å². The molecular weight excluding hydrogens is 769 g/mol. The summed E-state index contributed by atoms with van der Waals surface area (Å²) in [6, 6.07) is 36.0.